The van der Waals surface area contributed by atoms with E-state index in [0.29, 0.717) is 19.8 Å². The van der Waals surface area contributed by atoms with E-state index in [9.17, 15) is 19.2 Å². The maximum atomic E-state index is 10.8. The number of methoxy groups -OCH3 is 2. The highest BCUT2D eigenvalue weighted by atomic mass is 33.1. The van der Waals surface area contributed by atoms with Crippen molar-refractivity contribution in [3.05, 3.63) is 162 Å². The number of thiocarbonyl (C=S) groups is 2. The fourth-order valence-electron chi connectivity index (χ4n) is 3.50. The molecule has 0 atom stereocenters. The molecule has 6 rings (SSSR count). The van der Waals surface area contributed by atoms with Crippen LogP contribution in [0.2, 0.25) is 0 Å². The summed E-state index contributed by atoms with van der Waals surface area (Å²) in [6.45, 7) is 8.88. The van der Waals surface area contributed by atoms with Gasteiger partial charge in [0.15, 0.2) is 0 Å². The Balaban J connectivity index is -0.0000000514. The molecular weight excluding hydrogens is 1710 g/mol. The molecule has 2 heterocycles. The van der Waals surface area contributed by atoms with Crippen LogP contribution in [0, 0.1) is 29.7 Å². The molecule has 8 N–H and O–H groups in total. The van der Waals surface area contributed by atoms with Crippen molar-refractivity contribution < 1.29 is 96.2 Å². The van der Waals surface area contributed by atoms with Crippen molar-refractivity contribution in [2.45, 2.75) is 23.0 Å². The van der Waals surface area contributed by atoms with Crippen molar-refractivity contribution in [1.82, 2.24) is 10.6 Å². The third-order valence-corrected chi connectivity index (χ3v) is 15.3. The zero-order chi connectivity index (χ0) is 83.7. The third kappa shape index (κ3) is 190. The Morgan fingerprint density at radius 3 is 0.861 bits per heavy atom. The van der Waals surface area contributed by atoms with Crippen molar-refractivity contribution in [2.75, 3.05) is 179 Å². The minimum Gasteiger partial charge on any atom is -0.449 e. The minimum atomic E-state index is -0.655. The molecule has 2 aliphatic carbocycles. The first-order valence-corrected chi connectivity index (χ1v) is 48.2. The van der Waals surface area contributed by atoms with Crippen LogP contribution in [0.4, 0.5) is 19.2 Å². The lowest BCUT2D eigenvalue weighted by Crippen LogP contribution is -2.20. The molecule has 0 bridgehead atoms. The molecule has 2 aromatic carbocycles. The zero-order valence-electron chi connectivity index (χ0n) is 66.7. The molecular formula is C68H120N4O20S16-4. The second kappa shape index (κ2) is 152. The van der Waals surface area contributed by atoms with E-state index in [1.165, 1.54) is 61.1 Å². The fourth-order valence-corrected chi connectivity index (χ4v) is 8.52. The van der Waals surface area contributed by atoms with E-state index in [1.54, 1.807) is 147 Å². The van der Waals surface area contributed by atoms with Crippen LogP contribution >= 0.6 is 181 Å². The summed E-state index contributed by atoms with van der Waals surface area (Å²) in [5.74, 6) is 7.31. The van der Waals surface area contributed by atoms with Gasteiger partial charge in [-0.05, 0) is 160 Å². The van der Waals surface area contributed by atoms with Gasteiger partial charge in [-0.3, -0.25) is 0 Å². The van der Waals surface area contributed by atoms with E-state index >= 15 is 0 Å². The highest BCUT2D eigenvalue weighted by Crippen LogP contribution is 2.29. The number of aliphatic hydroxyl groups excluding tert-OH is 2. The Labute approximate surface area is 716 Å². The van der Waals surface area contributed by atoms with Crippen LogP contribution in [-0.2, 0) is 80.0 Å². The SMILES string of the molecule is C1CS1.C1CS1.C=C1C=CC(=S)C=C1.C=C1C=CC(=S)C=C1.CN.CN.CNC(=O)OCCSSC.CNC(=O)OCc1ccc(SSC)cc1.CO.CO.COC(=O)OCCSSC.COC(=O)OCc1ccc(SSC)cc1.CSC.CSC.CSC.CSC.O=C=O.O=C=O.O=C=O.O=C=O.[CH3-].[CH3-].[CH3-].[CH3-]. The van der Waals surface area contributed by atoms with Gasteiger partial charge in [0.2, 0.25) is 0 Å². The van der Waals surface area contributed by atoms with E-state index in [0.717, 1.165) is 57.7 Å². The van der Waals surface area contributed by atoms with Crippen molar-refractivity contribution in [2.24, 2.45) is 11.5 Å². The molecule has 632 valence electrons. The van der Waals surface area contributed by atoms with Crippen LogP contribution in [0.5, 0.6) is 0 Å². The highest BCUT2D eigenvalue weighted by Gasteiger charge is 2.03. The number of amides is 2. The molecule has 0 radical (unpaired) electrons. The average Bonchev–Trinajstić information content (AvgIpc) is 1.93. The standard InChI is InChI=1S/C10H13NO2S2.C10H12O3S2.2C7H6S.C5H11NO2S2.C5H10O3S2.2C2H4S.4C2H6S.2CH5N.4CO2.2CH4O.4CH3/c1-11-10(12)13-7-8-3-5-9(6-4-8)15-14-2;1-12-10(11)13-7-8-3-5-9(6-4-8)15-14-2;2*1-6-2-4-7(8)5-3-6;1-6-5(7)8-3-4-10-9-2;1-7-5(6)8-3-4-10-9-2;2*1-2-3-1;4*1-3-2;2*1-2;4*2-1-3;2*1-2;;;;/h3-6H,7H2,1-2H3,(H,11,12);3-6H,7H2,1-2H3;2*2-5H,1H2;3-4H2,1-2H3,(H,6,7);3-4H2,1-2H3;2*1-2H2;4*1-2H3;2*2H2,1H3;;;;;2*2H,1H3;4*1H3/q;;;;;;;;;;;;;;;;;;;;4*-1. The summed E-state index contributed by atoms with van der Waals surface area (Å²) in [5.41, 5.74) is 13.0. The monoisotopic (exact) mass is 1820 g/mol. The number of allylic oxidation sites excluding steroid dienone is 10. The molecule has 2 amide bonds. The first-order valence-electron chi connectivity index (χ1n) is 28.0. The van der Waals surface area contributed by atoms with E-state index < -0.39 is 18.4 Å². The molecule has 24 nitrogen and oxygen atoms in total. The first kappa shape index (κ1) is 150. The number of thioether (sulfide) groups is 6. The number of carbonyl (C=O) groups excluding carboxylic acids is 12. The van der Waals surface area contributed by atoms with E-state index in [4.69, 9.17) is 87.2 Å². The van der Waals surface area contributed by atoms with Crippen LogP contribution in [0.25, 0.3) is 0 Å². The van der Waals surface area contributed by atoms with Crippen LogP contribution in [0.3, 0.4) is 0 Å². The van der Waals surface area contributed by atoms with Crippen LogP contribution in [0.1, 0.15) is 11.1 Å². The number of carbonyl (C=O) groups is 4. The van der Waals surface area contributed by atoms with Crippen LogP contribution < -0.4 is 22.1 Å². The van der Waals surface area contributed by atoms with Gasteiger partial charge in [0.25, 0.3) is 0 Å². The second-order valence-corrected chi connectivity index (χ2v) is 31.5. The fraction of sp³-hybridized carbons (Fsp3) is 0.441. The Hall–Kier alpha value is -3.60. The van der Waals surface area contributed by atoms with Gasteiger partial charge in [0.1, 0.15) is 26.4 Å². The van der Waals surface area contributed by atoms with Gasteiger partial charge in [-0.2, -0.15) is 109 Å². The lowest BCUT2D eigenvalue weighted by molar-refractivity contribution is -0.193. The number of nitrogens with one attached hydrogen (secondary N) is 2. The molecule has 2 fully saturated rings. The zero-order valence-corrected chi connectivity index (χ0v) is 79.7. The topological polar surface area (TPSA) is 377 Å². The summed E-state index contributed by atoms with van der Waals surface area (Å²) < 4.78 is 27.6. The molecule has 0 spiro atoms. The van der Waals surface area contributed by atoms with Gasteiger partial charge in [-0.25, -0.2) is 19.2 Å². The minimum absolute atomic E-state index is 0. The molecule has 2 aromatic rings. The largest absolute Gasteiger partial charge is 0.508 e. The quantitative estimate of drug-likeness (QED) is 0.0173. The maximum Gasteiger partial charge on any atom is 0.508 e. The number of rotatable bonds is 16. The number of nitrogens with two attached hydrogens (primary N) is 2. The Kier molecular flexibility index (Phi) is 211. The van der Waals surface area contributed by atoms with Crippen molar-refractivity contribution >= 4 is 240 Å². The first-order chi connectivity index (χ1) is 50.0. The molecule has 0 unspecified atom stereocenters. The molecule has 4 aliphatic rings. The van der Waals surface area contributed by atoms with Gasteiger partial charge in [0.05, 0.1) is 14.2 Å². The molecule has 108 heavy (non-hydrogen) atoms. The number of aliphatic hydroxyl groups is 2. The Morgan fingerprint density at radius 2 is 0.657 bits per heavy atom. The summed E-state index contributed by atoms with van der Waals surface area (Å²) in [5, 5.41) is 18.8. The van der Waals surface area contributed by atoms with Gasteiger partial charge in [0, 0.05) is 82.4 Å². The van der Waals surface area contributed by atoms with E-state index in [-0.39, 0.29) is 67.0 Å². The number of hydrogen-bond acceptors (Lipinski definition) is 38. The lowest BCUT2D eigenvalue weighted by Gasteiger charge is -2.04. The van der Waals surface area contributed by atoms with Gasteiger partial charge >= 0.3 is 49.1 Å². The lowest BCUT2D eigenvalue weighted by atomic mass is 10.1. The number of hydrogen-bond donors (Lipinski definition) is 6. The Morgan fingerprint density at radius 1 is 0.435 bits per heavy atom. The summed E-state index contributed by atoms with van der Waals surface area (Å²) in [4.78, 5) is 111. The summed E-state index contributed by atoms with van der Waals surface area (Å²) in [6, 6.07) is 15.8. The molecule has 2 aliphatic heterocycles. The predicted octanol–water partition coefficient (Wildman–Crippen LogP) is 16.7. The van der Waals surface area contributed by atoms with Crippen molar-refractivity contribution in [1.29, 1.82) is 0 Å². The van der Waals surface area contributed by atoms with Crippen LogP contribution in [-0.4, -0.2) is 248 Å². The Bertz CT molecular complexity index is 2200. The van der Waals surface area contributed by atoms with Gasteiger partial charge in [-0.1, -0.05) is 173 Å². The molecule has 40 heteroatoms. The summed E-state index contributed by atoms with van der Waals surface area (Å²) in [7, 11) is 24.1. The number of alkyl carbamates (subject to hydrolysis) is 2. The maximum absolute atomic E-state index is 10.8. The predicted molar refractivity (Wildman–Crippen MR) is 493 cm³/mol. The van der Waals surface area contributed by atoms with Gasteiger partial charge < -0.3 is 90.4 Å². The van der Waals surface area contributed by atoms with Crippen molar-refractivity contribution in [3.63, 3.8) is 0 Å². The third-order valence-electron chi connectivity index (χ3n) is 6.95. The highest BCUT2D eigenvalue weighted by molar-refractivity contribution is 8.77. The normalized spacial score (nSPS) is 9.48. The van der Waals surface area contributed by atoms with E-state index in [1.807, 2.05) is 196 Å². The number of ether oxygens (including phenoxy) is 6. The smallest absolute Gasteiger partial charge is 0.449 e. The average molecular weight is 1830 g/mol. The summed E-state index contributed by atoms with van der Waals surface area (Å²) >= 11 is 20.7. The summed E-state index contributed by atoms with van der Waals surface area (Å²) in [6.07, 6.45) is 38.4. The molecule has 0 saturated carbocycles. The van der Waals surface area contributed by atoms with Crippen molar-refractivity contribution in [3.8, 4) is 0 Å². The van der Waals surface area contributed by atoms with Gasteiger partial charge in [-0.15, -0.1) is 0 Å². The number of benzene rings is 2. The second-order valence-electron chi connectivity index (χ2n) is 14.5. The molecule has 0 aromatic heterocycles. The van der Waals surface area contributed by atoms with Crippen LogP contribution in [0.15, 0.2) is 131 Å². The van der Waals surface area contributed by atoms with E-state index in [2.05, 4.69) is 49.5 Å². The molecule has 2 saturated heterocycles.